The fraction of sp³-hybridized carbons (Fsp3) is 0.355. The molecule has 0 saturated heterocycles. The van der Waals surface area contributed by atoms with E-state index in [0.29, 0.717) is 12.0 Å². The van der Waals surface area contributed by atoms with Crippen molar-refractivity contribution in [3.63, 3.8) is 0 Å². The number of anilines is 1. The molecule has 2 aromatic carbocycles. The van der Waals surface area contributed by atoms with Crippen molar-refractivity contribution in [3.05, 3.63) is 84.6 Å². The number of aliphatic carboxylic acids is 1. The van der Waals surface area contributed by atoms with Crippen LogP contribution in [0.5, 0.6) is 0 Å². The van der Waals surface area contributed by atoms with E-state index in [9.17, 15) is 23.7 Å². The van der Waals surface area contributed by atoms with Gasteiger partial charge in [0.05, 0.1) is 17.7 Å². The van der Waals surface area contributed by atoms with Crippen molar-refractivity contribution in [2.45, 2.75) is 56.4 Å². The van der Waals surface area contributed by atoms with Crippen molar-refractivity contribution in [1.29, 1.82) is 0 Å². The fourth-order valence-corrected chi connectivity index (χ4v) is 4.91. The number of hydrogen-bond donors (Lipinski definition) is 4. The van der Waals surface area contributed by atoms with Crippen LogP contribution in [0.25, 0.3) is 11.1 Å². The van der Waals surface area contributed by atoms with Gasteiger partial charge in [0.1, 0.15) is 11.9 Å². The number of pyridine rings is 1. The largest absolute Gasteiger partial charge is 0.481 e. The number of carbonyl (C=O) groups excluding carboxylic acids is 2. The van der Waals surface area contributed by atoms with Gasteiger partial charge in [0.2, 0.25) is 11.8 Å². The molecule has 0 saturated carbocycles. The molecule has 0 aliphatic heterocycles. The van der Waals surface area contributed by atoms with Gasteiger partial charge in [0, 0.05) is 36.2 Å². The molecule has 4 N–H and O–H groups in total. The summed E-state index contributed by atoms with van der Waals surface area (Å²) in [5, 5.41) is 17.6. The number of nitrogens with one attached hydrogen (secondary N) is 3. The van der Waals surface area contributed by atoms with Crippen molar-refractivity contribution >= 4 is 34.4 Å². The molecule has 0 fully saturated rings. The minimum atomic E-state index is -1.41. The minimum absolute atomic E-state index is 0.218. The SMILES string of the molecule is CC([C@@H](NC(=O)CCCCCNc1ccccn1)C(=O)NC(CC(=O)O)c1ccc(-c2ccccc2)cc1)S(C)=O. The lowest BCUT2D eigenvalue weighted by molar-refractivity contribution is -0.138. The molecule has 3 unspecified atom stereocenters. The number of aromatic nitrogens is 1. The summed E-state index contributed by atoms with van der Waals surface area (Å²) in [7, 11) is -1.41. The Hall–Kier alpha value is -4.05. The van der Waals surface area contributed by atoms with Crippen LogP contribution in [-0.4, -0.2) is 56.2 Å². The molecule has 218 valence electrons. The highest BCUT2D eigenvalue weighted by atomic mass is 32.2. The molecule has 0 radical (unpaired) electrons. The average molecular weight is 579 g/mol. The van der Waals surface area contributed by atoms with Gasteiger partial charge in [-0.15, -0.1) is 0 Å². The summed E-state index contributed by atoms with van der Waals surface area (Å²) in [6, 6.07) is 20.8. The van der Waals surface area contributed by atoms with Crippen molar-refractivity contribution in [2.75, 3.05) is 18.1 Å². The third-order valence-electron chi connectivity index (χ3n) is 6.76. The number of carbonyl (C=O) groups is 3. The lowest BCUT2D eigenvalue weighted by Gasteiger charge is -2.26. The topological polar surface area (TPSA) is 137 Å². The number of rotatable bonds is 16. The van der Waals surface area contributed by atoms with Crippen LogP contribution in [0.4, 0.5) is 5.82 Å². The number of hydrogen-bond acceptors (Lipinski definition) is 6. The summed E-state index contributed by atoms with van der Waals surface area (Å²) >= 11 is 0. The summed E-state index contributed by atoms with van der Waals surface area (Å²) in [5.74, 6) is -1.16. The van der Waals surface area contributed by atoms with Crippen molar-refractivity contribution in [3.8, 4) is 11.1 Å². The maximum atomic E-state index is 13.4. The molecule has 10 heteroatoms. The second-order valence-electron chi connectivity index (χ2n) is 9.85. The Morgan fingerprint density at radius 3 is 2.20 bits per heavy atom. The predicted octanol–water partition coefficient (Wildman–Crippen LogP) is 4.30. The number of amides is 2. The molecule has 9 nitrogen and oxygen atoms in total. The van der Waals surface area contributed by atoms with Crippen LogP contribution >= 0.6 is 0 Å². The average Bonchev–Trinajstić information content (AvgIpc) is 2.97. The van der Waals surface area contributed by atoms with Crippen LogP contribution in [-0.2, 0) is 25.2 Å². The zero-order valence-corrected chi connectivity index (χ0v) is 24.2. The Kier molecular flexibility index (Phi) is 12.5. The van der Waals surface area contributed by atoms with Gasteiger partial charge in [-0.3, -0.25) is 18.6 Å². The molecule has 3 aromatic rings. The third-order valence-corrected chi connectivity index (χ3v) is 8.08. The van der Waals surface area contributed by atoms with E-state index in [1.165, 1.54) is 6.26 Å². The van der Waals surface area contributed by atoms with E-state index in [-0.39, 0.29) is 18.7 Å². The third kappa shape index (κ3) is 10.5. The summed E-state index contributed by atoms with van der Waals surface area (Å²) < 4.78 is 12.3. The van der Waals surface area contributed by atoms with Gasteiger partial charge in [-0.2, -0.15) is 0 Å². The molecule has 1 heterocycles. The maximum absolute atomic E-state index is 13.4. The van der Waals surface area contributed by atoms with E-state index in [0.717, 1.165) is 36.3 Å². The highest BCUT2D eigenvalue weighted by Crippen LogP contribution is 2.24. The Bertz CT molecular complexity index is 1290. The lowest BCUT2D eigenvalue weighted by atomic mass is 9.98. The number of benzene rings is 2. The van der Waals surface area contributed by atoms with Crippen molar-refractivity contribution in [2.24, 2.45) is 0 Å². The zero-order chi connectivity index (χ0) is 29.6. The molecule has 0 aliphatic rings. The summed E-state index contributed by atoms with van der Waals surface area (Å²) in [6.07, 6.45) is 5.35. The first-order valence-electron chi connectivity index (χ1n) is 13.7. The van der Waals surface area contributed by atoms with Gasteiger partial charge >= 0.3 is 5.97 Å². The standard InChI is InChI=1S/C31H38N4O5S/c1-22(41(2)40)30(35-28(36)14-7-4-9-19-32-27-13-8-10-20-33-27)31(39)34-26(21-29(37)38)25-17-15-24(16-18-25)23-11-5-3-6-12-23/h3,5-6,8,10-13,15-18,20,22,26,30H,4,7,9,14,19,21H2,1-2H3,(H,32,33)(H,34,39)(H,35,36)(H,37,38)/t22?,26?,30-,41?/m1/s1. The van der Waals surface area contributed by atoms with E-state index in [1.54, 1.807) is 25.3 Å². The summed E-state index contributed by atoms with van der Waals surface area (Å²) in [6.45, 7) is 2.36. The molecule has 0 bridgehead atoms. The number of carboxylic acids is 1. The number of unbranched alkanes of at least 4 members (excludes halogenated alkanes) is 2. The van der Waals surface area contributed by atoms with Crippen LogP contribution < -0.4 is 16.0 Å². The number of carboxylic acid groups (broad SMARTS) is 1. The van der Waals surface area contributed by atoms with Gasteiger partial charge in [0.25, 0.3) is 0 Å². The van der Waals surface area contributed by atoms with Gasteiger partial charge in [-0.25, -0.2) is 4.98 Å². The molecule has 3 rings (SSSR count). The Labute approximate surface area is 243 Å². The van der Waals surface area contributed by atoms with Crippen LogP contribution in [0.15, 0.2) is 79.0 Å². The van der Waals surface area contributed by atoms with Gasteiger partial charge < -0.3 is 21.1 Å². The van der Waals surface area contributed by atoms with Crippen LogP contribution in [0.3, 0.4) is 0 Å². The molecule has 0 spiro atoms. The lowest BCUT2D eigenvalue weighted by Crippen LogP contribution is -2.54. The molecule has 0 aliphatic carbocycles. The molecule has 2 amide bonds. The first kappa shape index (κ1) is 31.5. The van der Waals surface area contributed by atoms with Gasteiger partial charge in [-0.05, 0) is 48.6 Å². The highest BCUT2D eigenvalue weighted by Gasteiger charge is 2.31. The molecular weight excluding hydrogens is 540 g/mol. The number of nitrogens with zero attached hydrogens (tertiary/aromatic N) is 1. The molecule has 1 aromatic heterocycles. The first-order valence-corrected chi connectivity index (χ1v) is 15.3. The second-order valence-corrected chi connectivity index (χ2v) is 11.6. The predicted molar refractivity (Wildman–Crippen MR) is 162 cm³/mol. The van der Waals surface area contributed by atoms with E-state index in [2.05, 4.69) is 20.9 Å². The van der Waals surface area contributed by atoms with Gasteiger partial charge in [-0.1, -0.05) is 67.1 Å². The van der Waals surface area contributed by atoms with Crippen LogP contribution in [0, 0.1) is 0 Å². The van der Waals surface area contributed by atoms with Crippen molar-refractivity contribution < 1.29 is 23.7 Å². The Balaban J connectivity index is 1.59. The van der Waals surface area contributed by atoms with Crippen molar-refractivity contribution in [1.82, 2.24) is 15.6 Å². The van der Waals surface area contributed by atoms with E-state index in [4.69, 9.17) is 0 Å². The smallest absolute Gasteiger partial charge is 0.305 e. The molecular formula is C31H38N4O5S. The van der Waals surface area contributed by atoms with E-state index < -0.39 is 40.0 Å². The first-order chi connectivity index (χ1) is 19.7. The van der Waals surface area contributed by atoms with Crippen LogP contribution in [0.2, 0.25) is 0 Å². The normalized spacial score (nSPS) is 13.8. The summed E-state index contributed by atoms with van der Waals surface area (Å²) in [5.41, 5.74) is 2.60. The monoisotopic (exact) mass is 578 g/mol. The maximum Gasteiger partial charge on any atom is 0.305 e. The molecule has 41 heavy (non-hydrogen) atoms. The highest BCUT2D eigenvalue weighted by molar-refractivity contribution is 7.85. The molecule has 4 atom stereocenters. The zero-order valence-electron chi connectivity index (χ0n) is 23.4. The van der Waals surface area contributed by atoms with E-state index in [1.807, 2.05) is 60.7 Å². The quantitative estimate of drug-likeness (QED) is 0.186. The fourth-order valence-electron chi connectivity index (χ4n) is 4.33. The minimum Gasteiger partial charge on any atom is -0.481 e. The Morgan fingerprint density at radius 1 is 0.878 bits per heavy atom. The van der Waals surface area contributed by atoms with Crippen LogP contribution in [0.1, 0.15) is 50.6 Å². The van der Waals surface area contributed by atoms with Gasteiger partial charge in [0.15, 0.2) is 0 Å². The Morgan fingerprint density at radius 2 is 1.56 bits per heavy atom. The summed E-state index contributed by atoms with van der Waals surface area (Å²) in [4.78, 5) is 41.9. The van der Waals surface area contributed by atoms with E-state index >= 15 is 0 Å². The second kappa shape index (κ2) is 16.3.